The molecule has 0 saturated carbocycles. The predicted octanol–water partition coefficient (Wildman–Crippen LogP) is 0.442. The highest BCUT2D eigenvalue weighted by Crippen LogP contribution is 2.25. The number of benzene rings is 1. The highest BCUT2D eigenvalue weighted by atomic mass is 16.4. The number of hydrogen-bond acceptors (Lipinski definition) is 4. The Hall–Kier alpha value is -1.75. The zero-order valence-corrected chi connectivity index (χ0v) is 7.77. The van der Waals surface area contributed by atoms with E-state index in [4.69, 9.17) is 20.1 Å². The fraction of sp³-hybridized carbons (Fsp3) is 0.300. The maximum atomic E-state index is 10.7. The molecule has 0 aliphatic heterocycles. The topological polar surface area (TPSA) is 104 Å². The van der Waals surface area contributed by atoms with Gasteiger partial charge in [0.25, 0.3) is 0 Å². The van der Waals surface area contributed by atoms with Gasteiger partial charge in [-0.2, -0.15) is 0 Å². The van der Waals surface area contributed by atoms with Crippen LogP contribution in [0, 0.1) is 0 Å². The van der Waals surface area contributed by atoms with Gasteiger partial charge in [-0.05, 0) is 30.5 Å². The number of carbonyl (C=O) groups is 1. The number of rotatable bonds is 4. The summed E-state index contributed by atoms with van der Waals surface area (Å²) >= 11 is 0. The molecule has 1 aromatic rings. The molecule has 0 aliphatic carbocycles. The van der Waals surface area contributed by atoms with Gasteiger partial charge in [0, 0.05) is 2.74 Å². The highest BCUT2D eigenvalue weighted by molar-refractivity contribution is 5.73. The molecule has 1 rings (SSSR count). The number of carboxylic acid groups (broad SMARTS) is 1. The normalized spacial score (nSPS) is 18.3. The van der Waals surface area contributed by atoms with Gasteiger partial charge in [0.05, 0.1) is 1.37 Å². The molecule has 0 bridgehead atoms. The zero-order chi connectivity index (χ0) is 14.1. The fourth-order valence-corrected chi connectivity index (χ4v) is 0.952. The van der Waals surface area contributed by atoms with Crippen LogP contribution in [0.25, 0.3) is 0 Å². The molecule has 0 saturated heterocycles. The van der Waals surface area contributed by atoms with Gasteiger partial charge < -0.3 is 21.1 Å². The van der Waals surface area contributed by atoms with Gasteiger partial charge in [-0.25, -0.2) is 0 Å². The van der Waals surface area contributed by atoms with E-state index < -0.39 is 30.5 Å². The Morgan fingerprint density at radius 2 is 2.20 bits per heavy atom. The molecular formula is C10H13NO4. The van der Waals surface area contributed by atoms with E-state index in [-0.39, 0.29) is 11.3 Å². The summed E-state index contributed by atoms with van der Waals surface area (Å²) in [5.74, 6) is -2.61. The van der Waals surface area contributed by atoms with Crippen molar-refractivity contribution in [3.05, 3.63) is 23.8 Å². The van der Waals surface area contributed by atoms with E-state index in [1.54, 1.807) is 0 Å². The number of nitrogens with two attached hydrogens (primary N) is 1. The van der Waals surface area contributed by atoms with E-state index in [2.05, 4.69) is 0 Å². The second-order valence-electron chi connectivity index (χ2n) is 2.90. The van der Waals surface area contributed by atoms with Crippen LogP contribution in [-0.4, -0.2) is 27.3 Å². The summed E-state index contributed by atoms with van der Waals surface area (Å²) in [5, 5.41) is 27.0. The summed E-state index contributed by atoms with van der Waals surface area (Å²) in [6, 6.07) is 0.736. The minimum Gasteiger partial charge on any atom is -0.504 e. The lowest BCUT2D eigenvalue weighted by atomic mass is 10.1. The Balaban J connectivity index is 3.02. The smallest absolute Gasteiger partial charge is 0.320 e. The molecule has 5 heteroatoms. The molecule has 0 aliphatic rings. The first-order valence-electron chi connectivity index (χ1n) is 5.61. The molecule has 1 atom stereocenters. The van der Waals surface area contributed by atoms with Crippen molar-refractivity contribution in [2.75, 3.05) is 0 Å². The summed E-state index contributed by atoms with van der Waals surface area (Å²) in [5.41, 5.74) is 5.35. The van der Waals surface area contributed by atoms with E-state index >= 15 is 0 Å². The molecule has 0 aromatic heterocycles. The molecule has 15 heavy (non-hydrogen) atoms. The predicted molar refractivity (Wildman–Crippen MR) is 53.7 cm³/mol. The van der Waals surface area contributed by atoms with Gasteiger partial charge in [-0.1, -0.05) is 6.07 Å². The Bertz CT molecular complexity index is 476. The molecule has 5 N–H and O–H groups in total. The van der Waals surface area contributed by atoms with Crippen LogP contribution in [0.1, 0.15) is 16.0 Å². The van der Waals surface area contributed by atoms with Crippen molar-refractivity contribution in [1.82, 2.24) is 0 Å². The van der Waals surface area contributed by atoms with Crippen LogP contribution in [0.15, 0.2) is 18.2 Å². The molecule has 5 nitrogen and oxygen atoms in total. The van der Waals surface area contributed by atoms with Gasteiger partial charge in [0.2, 0.25) is 0 Å². The van der Waals surface area contributed by atoms with Gasteiger partial charge in [-0.3, -0.25) is 4.79 Å². The number of phenols is 2. The molecule has 0 fully saturated rings. The molecule has 1 unspecified atom stereocenters. The molecule has 82 valence electrons. The second kappa shape index (κ2) is 4.65. The molecule has 0 amide bonds. The molecule has 0 radical (unpaired) electrons. The third-order valence-electron chi connectivity index (χ3n) is 1.75. The van der Waals surface area contributed by atoms with E-state index in [9.17, 15) is 9.90 Å². The Morgan fingerprint density at radius 1 is 1.53 bits per heavy atom. The third-order valence-corrected chi connectivity index (χ3v) is 1.75. The van der Waals surface area contributed by atoms with Crippen LogP contribution >= 0.6 is 0 Å². The largest absolute Gasteiger partial charge is 0.504 e. The zero-order valence-electron chi connectivity index (χ0n) is 10.8. The van der Waals surface area contributed by atoms with E-state index in [1.807, 2.05) is 0 Å². The lowest BCUT2D eigenvalue weighted by molar-refractivity contribution is -0.138. The lowest BCUT2D eigenvalue weighted by Gasteiger charge is -2.06. The summed E-state index contributed by atoms with van der Waals surface area (Å²) in [6.07, 6.45) is -3.02. The maximum Gasteiger partial charge on any atom is 0.320 e. The fourth-order valence-electron chi connectivity index (χ4n) is 0.952. The maximum absolute atomic E-state index is 10.7. The van der Waals surface area contributed by atoms with Crippen LogP contribution in [0.4, 0.5) is 0 Å². The van der Waals surface area contributed by atoms with Crippen LogP contribution in [0.2, 0.25) is 0 Å². The summed E-state index contributed by atoms with van der Waals surface area (Å²) in [4.78, 5) is 10.7. The van der Waals surface area contributed by atoms with Crippen molar-refractivity contribution in [2.24, 2.45) is 5.73 Å². The first-order valence-corrected chi connectivity index (χ1v) is 4.11. The highest BCUT2D eigenvalue weighted by Gasteiger charge is 2.11. The number of aliphatic carboxylic acids is 1. The summed E-state index contributed by atoms with van der Waals surface area (Å²) in [6.45, 7) is 0. The minimum absolute atomic E-state index is 0.221. The van der Waals surface area contributed by atoms with Crippen LogP contribution in [-0.2, 0) is 11.2 Å². The summed E-state index contributed by atoms with van der Waals surface area (Å²) < 4.78 is 22.4. The van der Waals surface area contributed by atoms with Crippen LogP contribution < -0.4 is 5.73 Å². The third kappa shape index (κ3) is 3.14. The van der Waals surface area contributed by atoms with Crippen LogP contribution in [0.3, 0.4) is 0 Å². The minimum atomic E-state index is -2.81. The number of carboxylic acids is 1. The van der Waals surface area contributed by atoms with Gasteiger partial charge >= 0.3 is 5.97 Å². The number of aryl methyl sites for hydroxylation is 1. The van der Waals surface area contributed by atoms with Gasteiger partial charge in [0.15, 0.2) is 11.5 Å². The van der Waals surface area contributed by atoms with Gasteiger partial charge in [-0.15, -0.1) is 0 Å². The Labute approximate surface area is 91.0 Å². The first-order chi connectivity index (χ1) is 8.08. The van der Waals surface area contributed by atoms with Crippen molar-refractivity contribution in [1.29, 1.82) is 0 Å². The van der Waals surface area contributed by atoms with Crippen molar-refractivity contribution >= 4 is 5.97 Å². The first kappa shape index (κ1) is 7.53. The van der Waals surface area contributed by atoms with Crippen molar-refractivity contribution in [2.45, 2.75) is 18.8 Å². The quantitative estimate of drug-likeness (QED) is 0.544. The Kier molecular flexibility index (Phi) is 2.34. The van der Waals surface area contributed by atoms with E-state index in [1.165, 1.54) is 6.07 Å². The van der Waals surface area contributed by atoms with Crippen LogP contribution in [0.5, 0.6) is 11.5 Å². The average molecular weight is 214 g/mol. The number of phenolic OH excluding ortho intramolecular Hbond substituents is 2. The van der Waals surface area contributed by atoms with E-state index in [0.717, 1.165) is 12.1 Å². The summed E-state index contributed by atoms with van der Waals surface area (Å²) in [7, 11) is 0. The second-order valence-corrected chi connectivity index (χ2v) is 2.90. The average Bonchev–Trinajstić information content (AvgIpc) is 2.22. The standard InChI is InChI=1S/C10H13NO4/c11-7(10(14)15)3-1-6-2-4-8(12)9(13)5-6/h2,4-5,7,12-13H,1,3,11H2,(H,14,15)/i3D2,7D. The van der Waals surface area contributed by atoms with Crippen molar-refractivity contribution in [3.63, 3.8) is 0 Å². The Morgan fingerprint density at radius 3 is 2.73 bits per heavy atom. The SMILES string of the molecule is [2H]C([2H])(Cc1ccc(O)c(O)c1)C([2H])(N)C(=O)O. The molecule has 0 heterocycles. The van der Waals surface area contributed by atoms with Gasteiger partial charge in [0.1, 0.15) is 6.02 Å². The number of hydrogen-bond donors (Lipinski definition) is 4. The van der Waals surface area contributed by atoms with Crippen molar-refractivity contribution < 1.29 is 24.2 Å². The number of aromatic hydroxyl groups is 2. The van der Waals surface area contributed by atoms with Crippen molar-refractivity contribution in [3.8, 4) is 11.5 Å². The molecule has 0 spiro atoms. The lowest BCUT2D eigenvalue weighted by Crippen LogP contribution is -2.30. The monoisotopic (exact) mass is 214 g/mol. The molecular weight excluding hydrogens is 198 g/mol. The van der Waals surface area contributed by atoms with E-state index in [0.29, 0.717) is 0 Å². The molecule has 1 aromatic carbocycles.